The van der Waals surface area contributed by atoms with Crippen molar-refractivity contribution in [2.24, 2.45) is 0 Å². The Morgan fingerprint density at radius 1 is 1.16 bits per heavy atom. The van der Waals surface area contributed by atoms with Crippen LogP contribution in [0.4, 0.5) is 0 Å². The first-order valence-corrected chi connectivity index (χ1v) is 10.7. The number of rotatable bonds is 6. The summed E-state index contributed by atoms with van der Waals surface area (Å²) in [4.78, 5) is 28.9. The Morgan fingerprint density at radius 3 is 2.69 bits per heavy atom. The first-order valence-electron chi connectivity index (χ1n) is 9.91. The largest absolute Gasteiger partial charge is 0.486 e. The van der Waals surface area contributed by atoms with Crippen molar-refractivity contribution in [1.29, 1.82) is 0 Å². The summed E-state index contributed by atoms with van der Waals surface area (Å²) in [5.74, 6) is 0.271. The molecule has 1 aliphatic rings. The predicted molar refractivity (Wildman–Crippen MR) is 119 cm³/mol. The molecule has 0 saturated carbocycles. The SMILES string of the molecule is Cc1cc(C(=O)COC(=O)c2nc(Cl)ccc2Cl)c(C)n1CC1COc2ccccc2O1. The summed E-state index contributed by atoms with van der Waals surface area (Å²) in [5, 5.41) is 0.203. The van der Waals surface area contributed by atoms with E-state index in [4.69, 9.17) is 37.4 Å². The second kappa shape index (κ2) is 9.22. The number of esters is 1. The minimum Gasteiger partial charge on any atom is -0.486 e. The minimum atomic E-state index is -0.814. The van der Waals surface area contributed by atoms with Crippen LogP contribution in [0.25, 0.3) is 0 Å². The first-order chi connectivity index (χ1) is 15.3. The molecule has 0 radical (unpaired) electrons. The summed E-state index contributed by atoms with van der Waals surface area (Å²) in [5.41, 5.74) is 1.98. The van der Waals surface area contributed by atoms with Gasteiger partial charge in [-0.3, -0.25) is 4.79 Å². The number of Topliss-reactive ketones (excluding diaryl/α,β-unsaturated/α-hetero) is 1. The third kappa shape index (κ3) is 4.59. The number of carbonyl (C=O) groups excluding carboxylic acids is 2. The summed E-state index contributed by atoms with van der Waals surface area (Å²) in [6.45, 7) is 4.23. The van der Waals surface area contributed by atoms with Crippen molar-refractivity contribution in [3.05, 3.63) is 75.3 Å². The van der Waals surface area contributed by atoms with Crippen LogP contribution in [0.15, 0.2) is 42.5 Å². The fourth-order valence-corrected chi connectivity index (χ4v) is 3.89. The molecule has 0 N–H and O–H groups in total. The summed E-state index contributed by atoms with van der Waals surface area (Å²) in [6.07, 6.45) is -0.202. The summed E-state index contributed by atoms with van der Waals surface area (Å²) in [7, 11) is 0. The Balaban J connectivity index is 1.43. The Labute approximate surface area is 194 Å². The van der Waals surface area contributed by atoms with Gasteiger partial charge in [0, 0.05) is 17.0 Å². The lowest BCUT2D eigenvalue weighted by atomic mass is 10.1. The quantitative estimate of drug-likeness (QED) is 0.293. The van der Waals surface area contributed by atoms with Crippen LogP contribution in [0.5, 0.6) is 11.5 Å². The molecule has 1 aliphatic heterocycles. The van der Waals surface area contributed by atoms with E-state index < -0.39 is 12.6 Å². The Hall–Kier alpha value is -3.03. The molecule has 0 bridgehead atoms. The van der Waals surface area contributed by atoms with Crippen molar-refractivity contribution in [2.75, 3.05) is 13.2 Å². The zero-order valence-corrected chi connectivity index (χ0v) is 18.9. The van der Waals surface area contributed by atoms with Gasteiger partial charge in [0.2, 0.25) is 5.78 Å². The van der Waals surface area contributed by atoms with Gasteiger partial charge in [-0.1, -0.05) is 35.3 Å². The van der Waals surface area contributed by atoms with Gasteiger partial charge in [0.15, 0.2) is 29.9 Å². The van der Waals surface area contributed by atoms with Crippen molar-refractivity contribution < 1.29 is 23.8 Å². The van der Waals surface area contributed by atoms with Crippen molar-refractivity contribution in [1.82, 2.24) is 9.55 Å². The van der Waals surface area contributed by atoms with E-state index in [-0.39, 0.29) is 27.8 Å². The third-order valence-electron chi connectivity index (χ3n) is 5.17. The third-order valence-corrected chi connectivity index (χ3v) is 5.68. The second-order valence-corrected chi connectivity index (χ2v) is 8.15. The van der Waals surface area contributed by atoms with Crippen molar-refractivity contribution in [3.63, 3.8) is 0 Å². The van der Waals surface area contributed by atoms with E-state index in [2.05, 4.69) is 4.98 Å². The average Bonchev–Trinajstić information content (AvgIpc) is 3.07. The molecule has 1 aromatic carbocycles. The smallest absolute Gasteiger partial charge is 0.359 e. The fourth-order valence-electron chi connectivity index (χ4n) is 3.56. The molecule has 2 aromatic heterocycles. The molecule has 32 heavy (non-hydrogen) atoms. The van der Waals surface area contributed by atoms with Crippen LogP contribution >= 0.6 is 23.2 Å². The number of hydrogen-bond donors (Lipinski definition) is 0. The molecule has 3 aromatic rings. The number of ether oxygens (including phenoxy) is 3. The number of carbonyl (C=O) groups is 2. The van der Waals surface area contributed by atoms with Crippen LogP contribution in [-0.4, -0.2) is 40.6 Å². The number of fused-ring (bicyclic) bond motifs is 1. The van der Waals surface area contributed by atoms with E-state index in [9.17, 15) is 9.59 Å². The van der Waals surface area contributed by atoms with Gasteiger partial charge in [-0.15, -0.1) is 0 Å². The number of hydrogen-bond acceptors (Lipinski definition) is 6. The zero-order valence-electron chi connectivity index (χ0n) is 17.4. The van der Waals surface area contributed by atoms with E-state index in [1.165, 1.54) is 12.1 Å². The lowest BCUT2D eigenvalue weighted by molar-refractivity contribution is 0.0469. The number of aromatic nitrogens is 2. The summed E-state index contributed by atoms with van der Waals surface area (Å²) in [6, 6.07) is 12.2. The van der Waals surface area contributed by atoms with Gasteiger partial charge in [0.1, 0.15) is 11.8 Å². The molecule has 9 heteroatoms. The van der Waals surface area contributed by atoms with Crippen molar-refractivity contribution in [2.45, 2.75) is 26.5 Å². The topological polar surface area (TPSA) is 79.7 Å². The monoisotopic (exact) mass is 474 g/mol. The highest BCUT2D eigenvalue weighted by molar-refractivity contribution is 6.34. The first kappa shape index (κ1) is 22.2. The maximum absolute atomic E-state index is 12.7. The molecule has 4 rings (SSSR count). The number of pyridine rings is 1. The summed E-state index contributed by atoms with van der Waals surface area (Å²) < 4.78 is 18.9. The maximum Gasteiger partial charge on any atom is 0.359 e. The lowest BCUT2D eigenvalue weighted by Crippen LogP contribution is -2.33. The molecule has 3 heterocycles. The van der Waals surface area contributed by atoms with Crippen molar-refractivity contribution >= 4 is 35.0 Å². The number of aryl methyl sites for hydroxylation is 1. The second-order valence-electron chi connectivity index (χ2n) is 7.36. The maximum atomic E-state index is 12.7. The van der Waals surface area contributed by atoms with Gasteiger partial charge in [0.25, 0.3) is 0 Å². The van der Waals surface area contributed by atoms with Crippen LogP contribution in [0, 0.1) is 13.8 Å². The molecular weight excluding hydrogens is 455 g/mol. The van der Waals surface area contributed by atoms with Gasteiger partial charge in [-0.05, 0) is 44.2 Å². The van der Waals surface area contributed by atoms with E-state index in [1.807, 2.05) is 42.7 Å². The number of para-hydroxylation sites is 2. The molecule has 1 unspecified atom stereocenters. The van der Waals surface area contributed by atoms with E-state index in [1.54, 1.807) is 6.07 Å². The van der Waals surface area contributed by atoms with Gasteiger partial charge in [-0.2, -0.15) is 0 Å². The molecule has 0 fully saturated rings. The van der Waals surface area contributed by atoms with Crippen LogP contribution in [-0.2, 0) is 11.3 Å². The van der Waals surface area contributed by atoms with Gasteiger partial charge < -0.3 is 18.8 Å². The zero-order chi connectivity index (χ0) is 22.8. The van der Waals surface area contributed by atoms with Crippen LogP contribution in [0.3, 0.4) is 0 Å². The molecule has 0 amide bonds. The summed E-state index contributed by atoms with van der Waals surface area (Å²) >= 11 is 11.8. The number of benzene rings is 1. The molecule has 1 atom stereocenters. The van der Waals surface area contributed by atoms with Crippen molar-refractivity contribution in [3.8, 4) is 11.5 Å². The van der Waals surface area contributed by atoms with E-state index in [0.29, 0.717) is 24.5 Å². The minimum absolute atomic E-state index is 0.0984. The van der Waals surface area contributed by atoms with E-state index >= 15 is 0 Å². The molecule has 0 aliphatic carbocycles. The standard InChI is InChI=1S/C23H20Cl2N2O5/c1-13-9-16(18(28)12-31-23(29)22-17(24)7-8-21(25)26-22)14(2)27(13)10-15-11-30-19-5-3-4-6-20(19)32-15/h3-9,15H,10-12H2,1-2H3. The van der Waals surface area contributed by atoms with E-state index in [0.717, 1.165) is 17.1 Å². The highest BCUT2D eigenvalue weighted by Crippen LogP contribution is 2.31. The molecule has 0 saturated heterocycles. The van der Waals surface area contributed by atoms with Gasteiger partial charge >= 0.3 is 5.97 Å². The average molecular weight is 475 g/mol. The number of halogens is 2. The van der Waals surface area contributed by atoms with Crippen LogP contribution < -0.4 is 9.47 Å². The fraction of sp³-hybridized carbons (Fsp3) is 0.261. The molecular formula is C23H20Cl2N2O5. The highest BCUT2D eigenvalue weighted by Gasteiger charge is 2.24. The number of nitrogens with zero attached hydrogens (tertiary/aromatic N) is 2. The Bertz CT molecular complexity index is 1190. The van der Waals surface area contributed by atoms with Crippen LogP contribution in [0.2, 0.25) is 10.2 Å². The molecule has 0 spiro atoms. The van der Waals surface area contributed by atoms with Gasteiger partial charge in [-0.25, -0.2) is 9.78 Å². The molecule has 166 valence electrons. The molecule has 7 nitrogen and oxygen atoms in total. The lowest BCUT2D eigenvalue weighted by Gasteiger charge is -2.27. The Kier molecular flexibility index (Phi) is 6.39. The Morgan fingerprint density at radius 2 is 1.91 bits per heavy atom. The normalized spacial score (nSPS) is 14.8. The highest BCUT2D eigenvalue weighted by atomic mass is 35.5. The van der Waals surface area contributed by atoms with Gasteiger partial charge in [0.05, 0.1) is 11.6 Å². The van der Waals surface area contributed by atoms with Crippen LogP contribution in [0.1, 0.15) is 32.2 Å². The predicted octanol–water partition coefficient (Wildman–Crippen LogP) is 4.69. The number of ketones is 1.